The molecule has 0 radical (unpaired) electrons. The molecule has 0 atom stereocenters. The first kappa shape index (κ1) is 43.3. The highest BCUT2D eigenvalue weighted by atomic mass is 32.1. The minimum atomic E-state index is -1.45. The van der Waals surface area contributed by atoms with Gasteiger partial charge in [-0.15, -0.1) is 34.0 Å². The summed E-state index contributed by atoms with van der Waals surface area (Å²) in [4.78, 5) is 0. The summed E-state index contributed by atoms with van der Waals surface area (Å²) in [6, 6.07) is 59.4. The van der Waals surface area contributed by atoms with Crippen LogP contribution < -0.4 is 10.9 Å². The van der Waals surface area contributed by atoms with E-state index >= 15 is 0 Å². The molecule has 4 heterocycles. The van der Waals surface area contributed by atoms with Gasteiger partial charge in [0, 0.05) is 74.4 Å². The van der Waals surface area contributed by atoms with E-state index in [4.69, 9.17) is 12.3 Å². The van der Waals surface area contributed by atoms with Gasteiger partial charge in [-0.05, 0) is 84.3 Å². The summed E-state index contributed by atoms with van der Waals surface area (Å²) in [5.74, 6) is 0. The Kier molecular flexibility index (Phi) is 11.5. The van der Waals surface area contributed by atoms with E-state index in [2.05, 4.69) is 161 Å². The predicted octanol–water partition coefficient (Wildman–Crippen LogP) is 15.1. The van der Waals surface area contributed by atoms with Crippen LogP contribution in [0.1, 0.15) is 45.5 Å². The van der Waals surface area contributed by atoms with Gasteiger partial charge in [0.15, 0.2) is 0 Å². The highest BCUT2D eigenvalue weighted by molar-refractivity contribution is 7.28. The second-order valence-corrected chi connectivity index (χ2v) is 20.4. The molecule has 0 bridgehead atoms. The first-order valence-corrected chi connectivity index (χ1v) is 23.7. The molecule has 1 aliphatic heterocycles. The maximum absolute atomic E-state index is 9.67. The lowest BCUT2D eigenvalue weighted by Gasteiger charge is -2.32. The molecule has 12 aromatic rings. The fraction of sp³-hybridized carbons (Fsp3) is 0.143. The molecular formula is C56H52B2O4S3. The molecule has 0 amide bonds. The van der Waals surface area contributed by atoms with Gasteiger partial charge in [-0.3, -0.25) is 0 Å². The van der Waals surface area contributed by atoms with Gasteiger partial charge in [0.1, 0.15) is 0 Å². The maximum Gasteiger partial charge on any atom is 0.496 e. The van der Waals surface area contributed by atoms with Crippen molar-refractivity contribution in [3.63, 3.8) is 0 Å². The van der Waals surface area contributed by atoms with Crippen molar-refractivity contribution in [3.05, 3.63) is 170 Å². The van der Waals surface area contributed by atoms with Crippen LogP contribution in [0.5, 0.6) is 0 Å². The van der Waals surface area contributed by atoms with Crippen molar-refractivity contribution in [2.24, 2.45) is 0 Å². The zero-order chi connectivity index (χ0) is 45.0. The molecule has 0 saturated carbocycles. The molecule has 0 aliphatic carbocycles. The summed E-state index contributed by atoms with van der Waals surface area (Å²) in [7, 11) is -1.80. The molecule has 9 heteroatoms. The molecule has 1 saturated heterocycles. The normalized spacial score (nSPS) is 14.3. The highest BCUT2D eigenvalue weighted by Gasteiger charge is 2.52. The number of benzene rings is 9. The third kappa shape index (κ3) is 7.59. The maximum atomic E-state index is 9.67. The first-order chi connectivity index (χ1) is 31.6. The summed E-state index contributed by atoms with van der Waals surface area (Å²) >= 11 is 5.32. The molecule has 2 N–H and O–H groups in total. The van der Waals surface area contributed by atoms with Gasteiger partial charge in [-0.2, -0.15) is 0 Å². The van der Waals surface area contributed by atoms with Gasteiger partial charge >= 0.3 is 14.2 Å². The Labute approximate surface area is 395 Å². The number of rotatable bonds is 2. The summed E-state index contributed by atoms with van der Waals surface area (Å²) in [5, 5.41) is 34.4. The minimum absolute atomic E-state index is 0. The lowest BCUT2D eigenvalue weighted by Crippen LogP contribution is -2.41. The fourth-order valence-electron chi connectivity index (χ4n) is 9.03. The van der Waals surface area contributed by atoms with Crippen LogP contribution in [-0.2, 0) is 9.31 Å². The van der Waals surface area contributed by atoms with E-state index in [1.807, 2.05) is 59.1 Å². The van der Waals surface area contributed by atoms with Crippen molar-refractivity contribution in [2.75, 3.05) is 0 Å². The van der Waals surface area contributed by atoms with Crippen LogP contribution in [0.3, 0.4) is 0 Å². The van der Waals surface area contributed by atoms with E-state index in [0.717, 1.165) is 26.3 Å². The topological polar surface area (TPSA) is 58.9 Å². The Balaban J connectivity index is 0.000000135. The van der Waals surface area contributed by atoms with Crippen LogP contribution in [0.25, 0.3) is 92.8 Å². The van der Waals surface area contributed by atoms with E-state index in [0.29, 0.717) is 5.46 Å². The fourth-order valence-corrected chi connectivity index (χ4v) is 12.6. The monoisotopic (exact) mass is 908 g/mol. The smallest absolute Gasteiger partial charge is 0.423 e. The molecule has 9 aromatic carbocycles. The first-order valence-electron chi connectivity index (χ1n) is 22.2. The van der Waals surface area contributed by atoms with Crippen molar-refractivity contribution >= 4 is 152 Å². The Bertz CT molecular complexity index is 3710. The number of hydrogen-bond acceptors (Lipinski definition) is 7. The lowest BCUT2D eigenvalue weighted by molar-refractivity contribution is 0.00578. The van der Waals surface area contributed by atoms with Crippen LogP contribution in [0.15, 0.2) is 170 Å². The van der Waals surface area contributed by atoms with Gasteiger partial charge in [0.2, 0.25) is 0 Å². The van der Waals surface area contributed by atoms with Crippen LogP contribution >= 0.6 is 34.0 Å². The molecule has 4 nitrogen and oxygen atoms in total. The highest BCUT2D eigenvalue weighted by Crippen LogP contribution is 2.42. The van der Waals surface area contributed by atoms with Gasteiger partial charge in [-0.1, -0.05) is 160 Å². The quantitative estimate of drug-likeness (QED) is 0.170. The predicted molar refractivity (Wildman–Crippen MR) is 292 cm³/mol. The van der Waals surface area contributed by atoms with Crippen LogP contribution in [0.2, 0.25) is 0 Å². The summed E-state index contributed by atoms with van der Waals surface area (Å²) in [5.41, 5.74) is 1.04. The van der Waals surface area contributed by atoms with Crippen molar-refractivity contribution in [3.8, 4) is 0 Å². The van der Waals surface area contributed by atoms with Crippen LogP contribution in [0, 0.1) is 0 Å². The van der Waals surface area contributed by atoms with Crippen molar-refractivity contribution < 1.29 is 22.3 Å². The Morgan fingerprint density at radius 2 is 0.846 bits per heavy atom. The average Bonchev–Trinajstić information content (AvgIpc) is 4.08. The zero-order valence-corrected chi connectivity index (χ0v) is 37.7. The summed E-state index contributed by atoms with van der Waals surface area (Å²) < 4.78 is 30.2. The number of fused-ring (bicyclic) bond motifs is 15. The summed E-state index contributed by atoms with van der Waals surface area (Å²) in [6.45, 7) is 8.43. The van der Waals surface area contributed by atoms with E-state index < -0.39 is 7.12 Å². The number of thiophene rings is 3. The minimum Gasteiger partial charge on any atom is -0.423 e. The summed E-state index contributed by atoms with van der Waals surface area (Å²) in [6.07, 6.45) is 0. The molecule has 324 valence electrons. The molecule has 1 fully saturated rings. The largest absolute Gasteiger partial charge is 0.496 e. The molecule has 3 aromatic heterocycles. The number of hydrogen-bond donors (Lipinski definition) is 2. The van der Waals surface area contributed by atoms with E-state index in [1.54, 1.807) is 11.3 Å². The van der Waals surface area contributed by atoms with Gasteiger partial charge in [0.25, 0.3) is 0 Å². The van der Waals surface area contributed by atoms with Gasteiger partial charge in [0.05, 0.1) is 11.2 Å². The molecule has 65 heavy (non-hydrogen) atoms. The van der Waals surface area contributed by atoms with Crippen molar-refractivity contribution in [1.82, 2.24) is 0 Å². The SMILES string of the molecule is C.C.CC1(C)OB(c2cc3ccccc3c3c2sc2ccccc23)OC1(C)C.OB(O)c1cc2ccccc2c2c1sc1ccccc12.[2H][2H].c1ccc2c(c1)ccc1sc3ccccc3c12. The Hall–Kier alpha value is -5.61. The van der Waals surface area contributed by atoms with E-state index in [1.165, 1.54) is 72.0 Å². The standard InChI is InChI=1S/C22H21BO2S.C16H11BO2S.C16H10S.2CH4.H2/c1-21(2)22(3,4)25-23(24-21)17-13-14-9-5-6-10-15(14)19-16-11-7-8-12-18(16)26-20(17)19;18-17(19)13-9-10-5-1-2-6-11(10)15-12-7-3-4-8-14(12)20-16(13)15;1-2-6-12-11(5-1)9-10-15-16(12)13-7-3-4-8-14(13)17-15;;;/h5-13H,1-4H3;1-9,18-19H;1-10H;2*1H4;1H/i;;;;;1+1D. The van der Waals surface area contributed by atoms with Crippen LogP contribution in [-0.4, -0.2) is 35.5 Å². The lowest BCUT2D eigenvalue weighted by atomic mass is 9.77. The second-order valence-electron chi connectivity index (χ2n) is 17.2. The molecule has 0 spiro atoms. The third-order valence-electron chi connectivity index (χ3n) is 12.9. The molecule has 13 rings (SSSR count). The molecule has 1 aliphatic rings. The van der Waals surface area contributed by atoms with E-state index in [9.17, 15) is 10.0 Å². The van der Waals surface area contributed by atoms with Crippen molar-refractivity contribution in [2.45, 2.75) is 53.8 Å². The molecule has 0 unspecified atom stereocenters. The van der Waals surface area contributed by atoms with Gasteiger partial charge in [-0.25, -0.2) is 0 Å². The Morgan fingerprint density at radius 1 is 0.446 bits per heavy atom. The zero-order valence-electron chi connectivity index (χ0n) is 37.3. The average molecular weight is 909 g/mol. The van der Waals surface area contributed by atoms with E-state index in [-0.39, 0.29) is 33.2 Å². The van der Waals surface area contributed by atoms with Gasteiger partial charge < -0.3 is 19.4 Å². The molecular weight excluding hydrogens is 854 g/mol. The Morgan fingerprint density at radius 3 is 1.38 bits per heavy atom. The third-order valence-corrected chi connectivity index (χ3v) is 16.4. The van der Waals surface area contributed by atoms with Crippen LogP contribution in [0.4, 0.5) is 0 Å². The van der Waals surface area contributed by atoms with Crippen molar-refractivity contribution in [1.29, 1.82) is 0 Å². The second kappa shape index (κ2) is 17.3.